The van der Waals surface area contributed by atoms with E-state index in [0.717, 1.165) is 13.4 Å². The Balaban J connectivity index is 4.43. The van der Waals surface area contributed by atoms with Crippen molar-refractivity contribution in [3.05, 3.63) is 0 Å². The first-order valence-corrected chi connectivity index (χ1v) is 5.97. The molecule has 0 fully saturated rings. The van der Waals surface area contributed by atoms with Gasteiger partial charge in [-0.3, -0.25) is 8.75 Å². The maximum absolute atomic E-state index is 10.8. The molecule has 0 aliphatic rings. The Morgan fingerprint density at radius 1 is 1.54 bits per heavy atom. The summed E-state index contributed by atoms with van der Waals surface area (Å²) in [5, 5.41) is 0. The van der Waals surface area contributed by atoms with Gasteiger partial charge in [0.05, 0.1) is 19.5 Å². The second-order valence-corrected chi connectivity index (χ2v) is 4.35. The van der Waals surface area contributed by atoms with Crippen molar-refractivity contribution in [1.29, 1.82) is 0 Å². The number of hydrogen-bond acceptors (Lipinski definition) is 6. The summed E-state index contributed by atoms with van der Waals surface area (Å²) in [6, 6.07) is 0. The lowest BCUT2D eigenvalue weighted by Crippen LogP contribution is -2.29. The van der Waals surface area contributed by atoms with Crippen molar-refractivity contribution in [1.82, 2.24) is 0 Å². The maximum Gasteiger partial charge on any atom is 0.337 e. The highest BCUT2D eigenvalue weighted by Gasteiger charge is 2.24. The van der Waals surface area contributed by atoms with Crippen molar-refractivity contribution >= 4 is 24.5 Å². The minimum atomic E-state index is -3.74. The van der Waals surface area contributed by atoms with Crippen molar-refractivity contribution in [3.63, 3.8) is 0 Å². The summed E-state index contributed by atoms with van der Waals surface area (Å²) < 4.78 is 39.9. The van der Waals surface area contributed by atoms with Crippen molar-refractivity contribution < 1.29 is 26.7 Å². The second-order valence-electron chi connectivity index (χ2n) is 2.12. The van der Waals surface area contributed by atoms with E-state index >= 15 is 0 Å². The van der Waals surface area contributed by atoms with Gasteiger partial charge >= 0.3 is 5.97 Å². The van der Waals surface area contributed by atoms with Crippen LogP contribution in [0.4, 0.5) is 0 Å². The Morgan fingerprint density at radius 2 is 2.08 bits per heavy atom. The third-order valence-electron chi connectivity index (χ3n) is 0.995. The molecule has 8 heteroatoms. The molecular formula is C5H9O6PS. The lowest BCUT2D eigenvalue weighted by molar-refractivity contribution is -0.147. The molecule has 0 aromatic rings. The summed E-state index contributed by atoms with van der Waals surface area (Å²) in [6.07, 6.45) is -0.788. The minimum Gasteiger partial charge on any atom is -0.467 e. The molecule has 13 heavy (non-hydrogen) atoms. The first kappa shape index (κ1) is 12.5. The number of carbonyl (C=O) groups is 1. The van der Waals surface area contributed by atoms with E-state index in [-0.39, 0.29) is 14.6 Å². The van der Waals surface area contributed by atoms with Crippen LogP contribution < -0.4 is 0 Å². The summed E-state index contributed by atoms with van der Waals surface area (Å²) in [5.74, 6) is -0.867. The van der Waals surface area contributed by atoms with Crippen LogP contribution in [0.3, 0.4) is 0 Å². The molecule has 0 rings (SSSR count). The molecule has 0 saturated heterocycles. The van der Waals surface area contributed by atoms with Crippen molar-refractivity contribution in [2.75, 3.05) is 19.5 Å². The van der Waals surface area contributed by atoms with E-state index in [1.165, 1.54) is 0 Å². The maximum atomic E-state index is 10.8. The van der Waals surface area contributed by atoms with Gasteiger partial charge in [-0.1, -0.05) is 0 Å². The number of rotatable bonds is 5. The van der Waals surface area contributed by atoms with Gasteiger partial charge in [-0.05, 0) is 0 Å². The molecule has 0 radical (unpaired) electrons. The first-order valence-electron chi connectivity index (χ1n) is 3.16. The monoisotopic (exact) mass is 228 g/mol. The quantitative estimate of drug-likeness (QED) is 0.368. The van der Waals surface area contributed by atoms with E-state index in [1.54, 1.807) is 0 Å². The molecule has 0 N–H and O–H groups in total. The molecule has 0 aromatic heterocycles. The van der Waals surface area contributed by atoms with Gasteiger partial charge in [0.1, 0.15) is 0 Å². The van der Waals surface area contributed by atoms with E-state index in [2.05, 4.69) is 8.92 Å². The summed E-state index contributed by atoms with van der Waals surface area (Å²) in [4.78, 5) is 10.8. The molecule has 0 aliphatic heterocycles. The molecule has 0 aromatic carbocycles. The van der Waals surface area contributed by atoms with Crippen LogP contribution in [0, 0.1) is 0 Å². The van der Waals surface area contributed by atoms with E-state index < -0.39 is 22.2 Å². The van der Waals surface area contributed by atoms with E-state index in [0.29, 0.717) is 0 Å². The van der Waals surface area contributed by atoms with Crippen LogP contribution >= 0.6 is 8.46 Å². The van der Waals surface area contributed by atoms with Gasteiger partial charge in [0.25, 0.3) is 10.1 Å². The number of methoxy groups -OCH3 is 1. The molecular weight excluding hydrogens is 219 g/mol. The van der Waals surface area contributed by atoms with E-state index in [4.69, 9.17) is 0 Å². The molecule has 0 bridgehead atoms. The molecule has 0 saturated carbocycles. The zero-order valence-corrected chi connectivity index (χ0v) is 8.80. The lowest BCUT2D eigenvalue weighted by atomic mass is 10.4. The zero-order valence-electron chi connectivity index (χ0n) is 7.09. The van der Waals surface area contributed by atoms with Crippen molar-refractivity contribution in [2.45, 2.75) is 6.10 Å². The Hall–Kier alpha value is -0.520. The van der Waals surface area contributed by atoms with Gasteiger partial charge in [-0.2, -0.15) is 8.42 Å². The van der Waals surface area contributed by atoms with Gasteiger partial charge in [0, 0.05) is 0 Å². The van der Waals surface area contributed by atoms with Gasteiger partial charge < -0.3 is 4.74 Å². The van der Waals surface area contributed by atoms with Crippen LogP contribution in [-0.2, 0) is 28.4 Å². The van der Waals surface area contributed by atoms with Crippen molar-refractivity contribution in [3.8, 4) is 0 Å². The van der Waals surface area contributed by atoms with Crippen LogP contribution in [0.2, 0.25) is 0 Å². The Bertz CT molecular complexity index is 283. The highest BCUT2D eigenvalue weighted by Crippen LogP contribution is 2.06. The molecule has 0 aliphatic carbocycles. The minimum absolute atomic E-state index is 0.250. The lowest BCUT2D eigenvalue weighted by Gasteiger charge is -2.09. The van der Waals surface area contributed by atoms with Gasteiger partial charge in [0.15, 0.2) is 14.6 Å². The fourth-order valence-corrected chi connectivity index (χ4v) is 1.58. The smallest absolute Gasteiger partial charge is 0.337 e. The van der Waals surface area contributed by atoms with Crippen LogP contribution in [0.25, 0.3) is 0 Å². The SMILES string of the molecule is COC(=O)C(CP=O)OS(C)(=O)=O. The second kappa shape index (κ2) is 5.26. The average molecular weight is 228 g/mol. The van der Waals surface area contributed by atoms with Gasteiger partial charge in [0.2, 0.25) is 0 Å². The normalized spacial score (nSPS) is 14.0. The average Bonchev–Trinajstić information content (AvgIpc) is 2.00. The molecule has 76 valence electrons. The third kappa shape index (κ3) is 5.68. The Kier molecular flexibility index (Phi) is 5.05. The molecule has 0 spiro atoms. The summed E-state index contributed by atoms with van der Waals surface area (Å²) >= 11 is 0. The predicted molar refractivity (Wildman–Crippen MR) is 44.2 cm³/mol. The van der Waals surface area contributed by atoms with Crippen LogP contribution in [-0.4, -0.2) is 40.0 Å². The number of carbonyl (C=O) groups excluding carboxylic acids is 1. The Morgan fingerprint density at radius 3 is 2.38 bits per heavy atom. The third-order valence-corrected chi connectivity index (χ3v) is 2.06. The van der Waals surface area contributed by atoms with Gasteiger partial charge in [-0.15, -0.1) is 0 Å². The largest absolute Gasteiger partial charge is 0.467 e. The summed E-state index contributed by atoms with van der Waals surface area (Å²) in [7, 11) is -3.04. The standard InChI is InChI=1S/C5H9O6PS/c1-10-5(6)4(3-12-7)11-13(2,8)9/h4H,3H2,1-2H3. The van der Waals surface area contributed by atoms with Crippen LogP contribution in [0.5, 0.6) is 0 Å². The molecule has 0 amide bonds. The summed E-state index contributed by atoms with van der Waals surface area (Å²) in [6.45, 7) is 0. The highest BCUT2D eigenvalue weighted by atomic mass is 32.2. The van der Waals surface area contributed by atoms with Crippen LogP contribution in [0.15, 0.2) is 0 Å². The fraction of sp³-hybridized carbons (Fsp3) is 0.800. The molecule has 6 nitrogen and oxygen atoms in total. The summed E-state index contributed by atoms with van der Waals surface area (Å²) in [5.41, 5.74) is 0. The van der Waals surface area contributed by atoms with E-state index in [9.17, 15) is 17.8 Å². The fourth-order valence-electron chi connectivity index (χ4n) is 0.554. The zero-order chi connectivity index (χ0) is 10.5. The van der Waals surface area contributed by atoms with Crippen molar-refractivity contribution in [2.24, 2.45) is 0 Å². The number of hydrogen-bond donors (Lipinski definition) is 0. The molecule has 0 heterocycles. The topological polar surface area (TPSA) is 86.7 Å². The number of esters is 1. The molecule has 1 unspecified atom stereocenters. The highest BCUT2D eigenvalue weighted by molar-refractivity contribution is 7.86. The van der Waals surface area contributed by atoms with Gasteiger partial charge in [-0.25, -0.2) is 4.79 Å². The van der Waals surface area contributed by atoms with E-state index in [1.807, 2.05) is 0 Å². The number of ether oxygens (including phenoxy) is 1. The van der Waals surface area contributed by atoms with Crippen LogP contribution in [0.1, 0.15) is 0 Å². The molecule has 1 atom stereocenters. The predicted octanol–water partition coefficient (Wildman–Crippen LogP) is -0.204. The first-order chi connectivity index (χ1) is 5.90. The Labute approximate surface area is 77.5 Å².